The summed E-state index contributed by atoms with van der Waals surface area (Å²) in [6.07, 6.45) is 2.63. The molecule has 6 nitrogen and oxygen atoms in total. The van der Waals surface area contributed by atoms with Crippen LogP contribution in [0.4, 0.5) is 6.01 Å². The zero-order valence-electron chi connectivity index (χ0n) is 10.9. The fraction of sp³-hybridized carbons (Fsp3) is 0.429. The predicted molar refractivity (Wildman–Crippen MR) is 72.8 cm³/mol. The van der Waals surface area contributed by atoms with Crippen LogP contribution in [-0.4, -0.2) is 33.8 Å². The number of aromatic carboxylic acids is 1. The molecule has 0 radical (unpaired) electrons. The minimum Gasteiger partial charge on any atom is -0.478 e. The van der Waals surface area contributed by atoms with E-state index in [1.165, 1.54) is 12.1 Å². The lowest BCUT2D eigenvalue weighted by atomic mass is 10.1. The van der Waals surface area contributed by atoms with Gasteiger partial charge >= 0.3 is 5.97 Å². The van der Waals surface area contributed by atoms with E-state index >= 15 is 0 Å². The Kier molecular flexibility index (Phi) is 3.31. The Balaban J connectivity index is 1.74. The summed E-state index contributed by atoms with van der Waals surface area (Å²) in [5.74, 6) is -0.772. The van der Waals surface area contributed by atoms with E-state index in [4.69, 9.17) is 9.52 Å². The maximum atomic E-state index is 10.9. The summed E-state index contributed by atoms with van der Waals surface area (Å²) in [5.41, 5.74) is 1.23. The number of oxazole rings is 1. The second-order valence-electron chi connectivity index (χ2n) is 5.15. The van der Waals surface area contributed by atoms with Crippen LogP contribution in [0.25, 0.3) is 11.1 Å². The number of aliphatic hydroxyl groups excluding tert-OH is 1. The number of fused-ring (bicyclic) bond motifs is 1. The van der Waals surface area contributed by atoms with Crippen molar-refractivity contribution in [2.75, 3.05) is 11.9 Å². The number of hydrogen-bond donors (Lipinski definition) is 3. The fourth-order valence-corrected chi connectivity index (χ4v) is 2.61. The number of rotatable bonds is 4. The molecule has 1 aliphatic carbocycles. The molecule has 20 heavy (non-hydrogen) atoms. The van der Waals surface area contributed by atoms with Crippen LogP contribution in [0.2, 0.25) is 0 Å². The minimum atomic E-state index is -0.994. The Morgan fingerprint density at radius 1 is 1.45 bits per heavy atom. The first-order chi connectivity index (χ1) is 9.63. The van der Waals surface area contributed by atoms with E-state index in [0.717, 1.165) is 19.3 Å². The summed E-state index contributed by atoms with van der Waals surface area (Å²) in [4.78, 5) is 15.1. The van der Waals surface area contributed by atoms with E-state index in [-0.39, 0.29) is 17.6 Å². The summed E-state index contributed by atoms with van der Waals surface area (Å²) < 4.78 is 5.49. The molecule has 2 unspecified atom stereocenters. The van der Waals surface area contributed by atoms with Gasteiger partial charge in [-0.15, -0.1) is 0 Å². The molecule has 1 saturated carbocycles. The maximum absolute atomic E-state index is 10.9. The standard InChI is InChI=1S/C14H16N2O4/c17-11-3-1-2-9(11)7-15-14-16-10-5-4-8(13(18)19)6-12(10)20-14/h4-6,9,11,17H,1-3,7H2,(H,15,16)(H,18,19). The van der Waals surface area contributed by atoms with Crippen LogP contribution in [0, 0.1) is 5.92 Å². The summed E-state index contributed by atoms with van der Waals surface area (Å²) in [7, 11) is 0. The van der Waals surface area contributed by atoms with Crippen molar-refractivity contribution in [2.45, 2.75) is 25.4 Å². The lowest BCUT2D eigenvalue weighted by molar-refractivity contribution is 0.0697. The minimum absolute atomic E-state index is 0.173. The van der Waals surface area contributed by atoms with Gasteiger partial charge in [-0.25, -0.2) is 4.79 Å². The van der Waals surface area contributed by atoms with E-state index in [1.54, 1.807) is 6.07 Å². The van der Waals surface area contributed by atoms with Crippen LogP contribution in [-0.2, 0) is 0 Å². The maximum Gasteiger partial charge on any atom is 0.335 e. The van der Waals surface area contributed by atoms with Gasteiger partial charge in [0, 0.05) is 12.5 Å². The quantitative estimate of drug-likeness (QED) is 0.791. The molecule has 1 aromatic heterocycles. The first kappa shape index (κ1) is 12.9. The molecule has 0 spiro atoms. The van der Waals surface area contributed by atoms with Crippen LogP contribution in [0.1, 0.15) is 29.6 Å². The van der Waals surface area contributed by atoms with Gasteiger partial charge in [-0.1, -0.05) is 6.42 Å². The van der Waals surface area contributed by atoms with Crippen molar-refractivity contribution in [2.24, 2.45) is 5.92 Å². The SMILES string of the molecule is O=C(O)c1ccc2nc(NCC3CCCC3O)oc2c1. The van der Waals surface area contributed by atoms with Gasteiger partial charge in [-0.05, 0) is 31.0 Å². The third kappa shape index (κ3) is 2.46. The summed E-state index contributed by atoms with van der Waals surface area (Å²) >= 11 is 0. The van der Waals surface area contributed by atoms with E-state index < -0.39 is 5.97 Å². The van der Waals surface area contributed by atoms with E-state index in [1.807, 2.05) is 0 Å². The molecule has 1 heterocycles. The number of nitrogens with one attached hydrogen (secondary N) is 1. The van der Waals surface area contributed by atoms with Gasteiger partial charge in [0.05, 0.1) is 11.7 Å². The number of nitrogens with zero attached hydrogens (tertiary/aromatic N) is 1. The highest BCUT2D eigenvalue weighted by Gasteiger charge is 2.25. The molecular weight excluding hydrogens is 260 g/mol. The Hall–Kier alpha value is -2.08. The first-order valence-electron chi connectivity index (χ1n) is 6.69. The highest BCUT2D eigenvalue weighted by molar-refractivity contribution is 5.92. The number of hydrogen-bond acceptors (Lipinski definition) is 5. The van der Waals surface area contributed by atoms with Gasteiger partial charge in [0.25, 0.3) is 6.01 Å². The van der Waals surface area contributed by atoms with E-state index in [0.29, 0.717) is 23.7 Å². The molecule has 0 bridgehead atoms. The molecule has 0 aliphatic heterocycles. The summed E-state index contributed by atoms with van der Waals surface area (Å²) in [6, 6.07) is 4.94. The van der Waals surface area contributed by atoms with E-state index in [2.05, 4.69) is 10.3 Å². The van der Waals surface area contributed by atoms with Gasteiger partial charge in [-0.2, -0.15) is 4.98 Å². The number of carbonyl (C=O) groups is 1. The van der Waals surface area contributed by atoms with Crippen molar-refractivity contribution in [3.8, 4) is 0 Å². The number of benzene rings is 1. The molecule has 1 aliphatic rings. The summed E-state index contributed by atoms with van der Waals surface area (Å²) in [6.45, 7) is 0.611. The molecule has 3 N–H and O–H groups in total. The molecule has 1 aromatic carbocycles. The fourth-order valence-electron chi connectivity index (χ4n) is 2.61. The molecule has 6 heteroatoms. The first-order valence-corrected chi connectivity index (χ1v) is 6.69. The van der Waals surface area contributed by atoms with Crippen LogP contribution in [0.15, 0.2) is 22.6 Å². The van der Waals surface area contributed by atoms with Crippen molar-refractivity contribution in [1.29, 1.82) is 0 Å². The van der Waals surface area contributed by atoms with E-state index in [9.17, 15) is 9.90 Å². The highest BCUT2D eigenvalue weighted by atomic mass is 16.4. The molecule has 2 atom stereocenters. The Bertz CT molecular complexity index is 637. The van der Waals surface area contributed by atoms with Crippen molar-refractivity contribution in [3.63, 3.8) is 0 Å². The van der Waals surface area contributed by atoms with Crippen molar-refractivity contribution < 1.29 is 19.4 Å². The number of aromatic nitrogens is 1. The Morgan fingerprint density at radius 3 is 3.00 bits per heavy atom. The van der Waals surface area contributed by atoms with Crippen LogP contribution in [0.3, 0.4) is 0 Å². The number of anilines is 1. The highest BCUT2D eigenvalue weighted by Crippen LogP contribution is 2.26. The van der Waals surface area contributed by atoms with Crippen molar-refractivity contribution in [1.82, 2.24) is 4.98 Å². The third-order valence-electron chi connectivity index (χ3n) is 3.77. The molecule has 3 rings (SSSR count). The second kappa shape index (κ2) is 5.13. The topological polar surface area (TPSA) is 95.6 Å². The number of carboxylic acid groups (broad SMARTS) is 1. The van der Waals surface area contributed by atoms with Crippen LogP contribution < -0.4 is 5.32 Å². The van der Waals surface area contributed by atoms with Crippen molar-refractivity contribution in [3.05, 3.63) is 23.8 Å². The van der Waals surface area contributed by atoms with Crippen LogP contribution in [0.5, 0.6) is 0 Å². The van der Waals surface area contributed by atoms with Gasteiger partial charge in [-0.3, -0.25) is 0 Å². The average molecular weight is 276 g/mol. The monoisotopic (exact) mass is 276 g/mol. The molecule has 106 valence electrons. The number of carboxylic acids is 1. The average Bonchev–Trinajstić information content (AvgIpc) is 3.00. The molecule has 0 amide bonds. The zero-order valence-corrected chi connectivity index (χ0v) is 10.9. The largest absolute Gasteiger partial charge is 0.478 e. The van der Waals surface area contributed by atoms with Gasteiger partial charge in [0.15, 0.2) is 5.58 Å². The molecule has 0 saturated heterocycles. The molecular formula is C14H16N2O4. The Morgan fingerprint density at radius 2 is 2.30 bits per heavy atom. The van der Waals surface area contributed by atoms with Crippen LogP contribution >= 0.6 is 0 Å². The van der Waals surface area contributed by atoms with Crippen molar-refractivity contribution >= 4 is 23.1 Å². The molecule has 2 aromatic rings. The predicted octanol–water partition coefficient (Wildman–Crippen LogP) is 2.10. The third-order valence-corrected chi connectivity index (χ3v) is 3.77. The summed E-state index contributed by atoms with van der Waals surface area (Å²) in [5, 5.41) is 21.7. The second-order valence-corrected chi connectivity index (χ2v) is 5.15. The van der Waals surface area contributed by atoms with Gasteiger partial charge in [0.1, 0.15) is 5.52 Å². The lowest BCUT2D eigenvalue weighted by Crippen LogP contribution is -2.21. The zero-order chi connectivity index (χ0) is 14.1. The van der Waals surface area contributed by atoms with Gasteiger partial charge < -0.3 is 19.9 Å². The molecule has 1 fully saturated rings. The van der Waals surface area contributed by atoms with Gasteiger partial charge in [0.2, 0.25) is 0 Å². The smallest absolute Gasteiger partial charge is 0.335 e. The number of aliphatic hydroxyl groups is 1. The normalized spacial score (nSPS) is 22.2. The lowest BCUT2D eigenvalue weighted by Gasteiger charge is -2.13. The Labute approximate surface area is 115 Å².